The standard InChI is InChI=1S/C19H20N2O3S.C4H10/c1-21(19(22)23)10-8-17(18-6-3-11-25-18)24-13-15-5-2-4-14-7-9-20-12-16(14)15;1-4(2)3/h2-7,9,11-12,17H,8,10,13H2,1H3,(H,22,23);4H,1-3H3. The average molecular weight is 415 g/mol. The van der Waals surface area contributed by atoms with Gasteiger partial charge in [0.1, 0.15) is 0 Å². The molecule has 0 aliphatic rings. The number of carboxylic acid groups (broad SMARTS) is 1. The lowest BCUT2D eigenvalue weighted by Crippen LogP contribution is -2.27. The Morgan fingerprint density at radius 2 is 1.97 bits per heavy atom. The van der Waals surface area contributed by atoms with Gasteiger partial charge in [-0.15, -0.1) is 11.3 Å². The average Bonchev–Trinajstić information content (AvgIpc) is 3.22. The molecule has 0 saturated carbocycles. The number of ether oxygens (including phenoxy) is 1. The summed E-state index contributed by atoms with van der Waals surface area (Å²) in [6.45, 7) is 7.39. The molecule has 29 heavy (non-hydrogen) atoms. The molecule has 6 heteroatoms. The Morgan fingerprint density at radius 1 is 1.21 bits per heavy atom. The molecule has 0 aliphatic carbocycles. The summed E-state index contributed by atoms with van der Waals surface area (Å²) in [5.74, 6) is 0.833. The zero-order valence-electron chi connectivity index (χ0n) is 17.5. The van der Waals surface area contributed by atoms with Crippen molar-refractivity contribution in [1.29, 1.82) is 0 Å². The maximum Gasteiger partial charge on any atom is 0.407 e. The SMILES string of the molecule is CC(C)C.CN(CCC(OCc1cccc2ccncc12)c1cccs1)C(=O)O. The summed E-state index contributed by atoms with van der Waals surface area (Å²) in [6, 6.07) is 12.1. The summed E-state index contributed by atoms with van der Waals surface area (Å²) in [4.78, 5) is 17.6. The van der Waals surface area contributed by atoms with Gasteiger partial charge in [-0.3, -0.25) is 4.98 Å². The molecule has 0 bridgehead atoms. The minimum atomic E-state index is -0.926. The van der Waals surface area contributed by atoms with Crippen LogP contribution in [-0.2, 0) is 11.3 Å². The minimum absolute atomic E-state index is 0.131. The molecule has 2 aromatic heterocycles. The van der Waals surface area contributed by atoms with Gasteiger partial charge in [0.25, 0.3) is 0 Å². The maximum absolute atomic E-state index is 11.0. The normalized spacial score (nSPS) is 11.8. The molecule has 0 spiro atoms. The first-order valence-corrected chi connectivity index (χ1v) is 10.7. The van der Waals surface area contributed by atoms with Crippen LogP contribution in [0.3, 0.4) is 0 Å². The van der Waals surface area contributed by atoms with E-state index in [0.717, 1.165) is 27.1 Å². The lowest BCUT2D eigenvalue weighted by molar-refractivity contribution is 0.0316. The highest BCUT2D eigenvalue weighted by Gasteiger charge is 2.16. The number of rotatable bonds is 7. The van der Waals surface area contributed by atoms with Crippen LogP contribution in [0.1, 0.15) is 43.7 Å². The first kappa shape index (κ1) is 22.8. The molecule has 3 rings (SSSR count). The van der Waals surface area contributed by atoms with E-state index >= 15 is 0 Å². The van der Waals surface area contributed by atoms with Crippen molar-refractivity contribution in [2.45, 2.75) is 39.9 Å². The Hall–Kier alpha value is -2.44. The van der Waals surface area contributed by atoms with Gasteiger partial charge in [0, 0.05) is 36.2 Å². The fourth-order valence-corrected chi connectivity index (χ4v) is 3.49. The van der Waals surface area contributed by atoms with Gasteiger partial charge in [-0.1, -0.05) is 45.0 Å². The van der Waals surface area contributed by atoms with Crippen molar-refractivity contribution in [1.82, 2.24) is 9.88 Å². The first-order chi connectivity index (χ1) is 13.9. The van der Waals surface area contributed by atoms with Gasteiger partial charge < -0.3 is 14.7 Å². The molecular weight excluding hydrogens is 384 g/mol. The molecule has 0 fully saturated rings. The molecule has 3 aromatic rings. The second kappa shape index (κ2) is 11.5. The Balaban J connectivity index is 0.000000687. The number of aromatic nitrogens is 1. The van der Waals surface area contributed by atoms with E-state index in [0.29, 0.717) is 19.6 Å². The van der Waals surface area contributed by atoms with E-state index < -0.39 is 6.09 Å². The molecule has 0 radical (unpaired) electrons. The Bertz CT molecular complexity index is 873. The van der Waals surface area contributed by atoms with E-state index in [-0.39, 0.29) is 6.10 Å². The molecule has 1 amide bonds. The van der Waals surface area contributed by atoms with E-state index in [4.69, 9.17) is 9.84 Å². The highest BCUT2D eigenvalue weighted by molar-refractivity contribution is 7.10. The van der Waals surface area contributed by atoms with Crippen molar-refractivity contribution in [3.05, 3.63) is 64.6 Å². The highest BCUT2D eigenvalue weighted by Crippen LogP contribution is 2.28. The van der Waals surface area contributed by atoms with Crippen LogP contribution in [0.15, 0.2) is 54.2 Å². The molecule has 0 aliphatic heterocycles. The summed E-state index contributed by atoms with van der Waals surface area (Å²) < 4.78 is 6.17. The van der Waals surface area contributed by atoms with Crippen molar-refractivity contribution < 1.29 is 14.6 Å². The van der Waals surface area contributed by atoms with E-state index in [9.17, 15) is 4.79 Å². The zero-order chi connectivity index (χ0) is 21.2. The first-order valence-electron chi connectivity index (χ1n) is 9.79. The second-order valence-electron chi connectivity index (χ2n) is 7.55. The van der Waals surface area contributed by atoms with Crippen molar-refractivity contribution in [2.75, 3.05) is 13.6 Å². The molecule has 5 nitrogen and oxygen atoms in total. The minimum Gasteiger partial charge on any atom is -0.465 e. The number of fused-ring (bicyclic) bond motifs is 1. The van der Waals surface area contributed by atoms with Gasteiger partial charge in [0.2, 0.25) is 0 Å². The van der Waals surface area contributed by atoms with Gasteiger partial charge in [-0.25, -0.2) is 4.79 Å². The second-order valence-corrected chi connectivity index (χ2v) is 8.53. The van der Waals surface area contributed by atoms with Crippen molar-refractivity contribution >= 4 is 28.2 Å². The molecule has 1 unspecified atom stereocenters. The Labute approximate surface area is 177 Å². The quantitative estimate of drug-likeness (QED) is 0.499. The van der Waals surface area contributed by atoms with Gasteiger partial charge in [-0.2, -0.15) is 0 Å². The number of pyridine rings is 1. The fraction of sp³-hybridized carbons (Fsp3) is 0.391. The third-order valence-corrected chi connectivity index (χ3v) is 5.09. The maximum atomic E-state index is 11.0. The summed E-state index contributed by atoms with van der Waals surface area (Å²) in [5.41, 5.74) is 1.08. The molecule has 1 aromatic carbocycles. The number of benzene rings is 1. The van der Waals surface area contributed by atoms with Crippen molar-refractivity contribution in [3.63, 3.8) is 0 Å². The fourth-order valence-electron chi connectivity index (χ4n) is 2.68. The number of thiophene rings is 1. The number of hydrogen-bond acceptors (Lipinski definition) is 4. The monoisotopic (exact) mass is 414 g/mol. The summed E-state index contributed by atoms with van der Waals surface area (Å²) in [6.07, 6.45) is 3.20. The smallest absolute Gasteiger partial charge is 0.407 e. The van der Waals surface area contributed by atoms with Gasteiger partial charge in [-0.05, 0) is 40.8 Å². The van der Waals surface area contributed by atoms with E-state index in [1.807, 2.05) is 41.9 Å². The highest BCUT2D eigenvalue weighted by atomic mass is 32.1. The predicted molar refractivity (Wildman–Crippen MR) is 119 cm³/mol. The van der Waals surface area contributed by atoms with E-state index in [1.54, 1.807) is 24.6 Å². The molecular formula is C23H30N2O3S. The lowest BCUT2D eigenvalue weighted by Gasteiger charge is -2.20. The van der Waals surface area contributed by atoms with E-state index in [1.165, 1.54) is 4.90 Å². The van der Waals surface area contributed by atoms with Crippen LogP contribution >= 0.6 is 11.3 Å². The van der Waals surface area contributed by atoms with E-state index in [2.05, 4.69) is 31.8 Å². The van der Waals surface area contributed by atoms with Crippen molar-refractivity contribution in [2.24, 2.45) is 5.92 Å². The third-order valence-electron chi connectivity index (χ3n) is 4.13. The van der Waals surface area contributed by atoms with Gasteiger partial charge in [0.15, 0.2) is 0 Å². The van der Waals surface area contributed by atoms with Crippen LogP contribution < -0.4 is 0 Å². The molecule has 2 heterocycles. The predicted octanol–water partition coefficient (Wildman–Crippen LogP) is 6.22. The van der Waals surface area contributed by atoms with Crippen LogP contribution in [0.2, 0.25) is 0 Å². The summed E-state index contributed by atoms with van der Waals surface area (Å²) in [5, 5.41) is 13.3. The molecule has 0 saturated heterocycles. The van der Waals surface area contributed by atoms with Crippen molar-refractivity contribution in [3.8, 4) is 0 Å². The molecule has 1 atom stereocenters. The number of nitrogens with zero attached hydrogens (tertiary/aromatic N) is 2. The largest absolute Gasteiger partial charge is 0.465 e. The number of carbonyl (C=O) groups is 1. The van der Waals surface area contributed by atoms with Gasteiger partial charge >= 0.3 is 6.09 Å². The lowest BCUT2D eigenvalue weighted by atomic mass is 10.1. The van der Waals surface area contributed by atoms with Crippen LogP contribution in [0.5, 0.6) is 0 Å². The Morgan fingerprint density at radius 3 is 2.62 bits per heavy atom. The number of amides is 1. The third kappa shape index (κ3) is 7.48. The van der Waals surface area contributed by atoms with Gasteiger partial charge in [0.05, 0.1) is 12.7 Å². The number of hydrogen-bond donors (Lipinski definition) is 1. The van der Waals surface area contributed by atoms with Crippen LogP contribution in [0, 0.1) is 5.92 Å². The van der Waals surface area contributed by atoms with Crippen LogP contribution in [-0.4, -0.2) is 34.7 Å². The van der Waals surface area contributed by atoms with Crippen LogP contribution in [0.25, 0.3) is 10.8 Å². The molecule has 1 N–H and O–H groups in total. The topological polar surface area (TPSA) is 62.7 Å². The molecule has 156 valence electrons. The van der Waals surface area contributed by atoms with Crippen LogP contribution in [0.4, 0.5) is 4.79 Å². The Kier molecular flexibility index (Phi) is 9.09. The summed E-state index contributed by atoms with van der Waals surface area (Å²) in [7, 11) is 1.57. The summed E-state index contributed by atoms with van der Waals surface area (Å²) >= 11 is 1.63. The zero-order valence-corrected chi connectivity index (χ0v) is 18.4.